The quantitative estimate of drug-likeness (QED) is 0.779. The number of aliphatic hydroxyl groups excluding tert-OH is 1. The number of rotatable bonds is 6. The third-order valence-corrected chi connectivity index (χ3v) is 3.57. The van der Waals surface area contributed by atoms with E-state index >= 15 is 0 Å². The van der Waals surface area contributed by atoms with E-state index in [1.165, 1.54) is 9.98 Å². The van der Waals surface area contributed by atoms with Crippen LogP contribution in [0.4, 0.5) is 0 Å². The fourth-order valence-electron chi connectivity index (χ4n) is 1.15. The van der Waals surface area contributed by atoms with E-state index in [1.54, 1.807) is 18.8 Å². The lowest BCUT2D eigenvalue weighted by molar-refractivity contribution is 0.220. The van der Waals surface area contributed by atoms with Gasteiger partial charge in [0.15, 0.2) is 0 Å². The summed E-state index contributed by atoms with van der Waals surface area (Å²) in [6.45, 7) is 0.0990. The Morgan fingerprint density at radius 1 is 1.40 bits per heavy atom. The van der Waals surface area contributed by atoms with Crippen LogP contribution in [0.1, 0.15) is 5.56 Å². The average molecular weight is 246 g/mol. The molecule has 0 radical (unpaired) electrons. The Morgan fingerprint density at radius 3 is 2.60 bits per heavy atom. The molecule has 4 heteroatoms. The highest BCUT2D eigenvalue weighted by Crippen LogP contribution is 2.15. The molecule has 0 saturated heterocycles. The molecular weight excluding hydrogens is 230 g/mol. The van der Waals surface area contributed by atoms with Crippen molar-refractivity contribution >= 4 is 23.5 Å². The summed E-state index contributed by atoms with van der Waals surface area (Å²) < 4.78 is 1.54. The monoisotopic (exact) mass is 245 g/mol. The second-order valence-electron chi connectivity index (χ2n) is 3.36. The number of halogens is 1. The van der Waals surface area contributed by atoms with Gasteiger partial charge in [-0.3, -0.25) is 0 Å². The molecule has 0 bridgehead atoms. The lowest BCUT2D eigenvalue weighted by Crippen LogP contribution is -2.29. The number of hydrogen-bond donors (Lipinski definition) is 1. The minimum absolute atomic E-state index is 0.0281. The Balaban J connectivity index is 2.27. The number of hydrogen-bond acceptors (Lipinski definition) is 3. The fraction of sp³-hybridized carbons (Fsp3) is 0.455. The van der Waals surface area contributed by atoms with Crippen LogP contribution in [0.25, 0.3) is 0 Å². The SMILES string of the molecule is CN(Cl)[C@@H](CO)CSCc1ccccc1. The van der Waals surface area contributed by atoms with Gasteiger partial charge in [0.2, 0.25) is 0 Å². The predicted molar refractivity (Wildman–Crippen MR) is 67.1 cm³/mol. The first kappa shape index (κ1) is 12.8. The zero-order valence-corrected chi connectivity index (χ0v) is 10.3. The van der Waals surface area contributed by atoms with Crippen molar-refractivity contribution in [1.29, 1.82) is 0 Å². The Labute approximate surface area is 100 Å². The zero-order chi connectivity index (χ0) is 11.1. The molecule has 0 amide bonds. The maximum absolute atomic E-state index is 9.05. The molecule has 0 saturated carbocycles. The molecular formula is C11H16ClNOS. The van der Waals surface area contributed by atoms with Gasteiger partial charge in [0.25, 0.3) is 0 Å². The highest BCUT2D eigenvalue weighted by molar-refractivity contribution is 7.98. The molecule has 0 fully saturated rings. The molecule has 1 atom stereocenters. The molecule has 0 aliphatic carbocycles. The Kier molecular flexibility index (Phi) is 6.10. The molecule has 15 heavy (non-hydrogen) atoms. The van der Waals surface area contributed by atoms with Crippen LogP contribution in [-0.4, -0.2) is 35.0 Å². The number of benzene rings is 1. The summed E-state index contributed by atoms with van der Waals surface area (Å²) in [6, 6.07) is 10.3. The van der Waals surface area contributed by atoms with E-state index < -0.39 is 0 Å². The van der Waals surface area contributed by atoms with E-state index in [0.717, 1.165) is 11.5 Å². The molecule has 2 nitrogen and oxygen atoms in total. The molecule has 1 aromatic carbocycles. The van der Waals surface area contributed by atoms with Crippen molar-refractivity contribution in [2.75, 3.05) is 19.4 Å². The molecule has 84 valence electrons. The van der Waals surface area contributed by atoms with Crippen LogP contribution in [0.15, 0.2) is 30.3 Å². The Hall–Kier alpha value is -0.220. The van der Waals surface area contributed by atoms with Gasteiger partial charge >= 0.3 is 0 Å². The molecule has 0 aliphatic heterocycles. The highest BCUT2D eigenvalue weighted by atomic mass is 35.5. The summed E-state index contributed by atoms with van der Waals surface area (Å²) >= 11 is 7.57. The molecule has 0 aromatic heterocycles. The number of thioether (sulfide) groups is 1. The van der Waals surface area contributed by atoms with E-state index in [2.05, 4.69) is 12.1 Å². The van der Waals surface area contributed by atoms with Gasteiger partial charge in [-0.15, -0.1) is 0 Å². The first-order valence-electron chi connectivity index (χ1n) is 4.85. The largest absolute Gasteiger partial charge is 0.395 e. The van der Waals surface area contributed by atoms with Gasteiger partial charge in [0.1, 0.15) is 0 Å². The van der Waals surface area contributed by atoms with Crippen LogP contribution in [0.3, 0.4) is 0 Å². The van der Waals surface area contributed by atoms with Crippen molar-refractivity contribution in [2.24, 2.45) is 0 Å². The van der Waals surface area contributed by atoms with Gasteiger partial charge in [0, 0.05) is 18.6 Å². The standard InChI is InChI=1S/C11H16ClNOS/c1-13(12)11(7-14)9-15-8-10-5-3-2-4-6-10/h2-6,11,14H,7-9H2,1H3/t11-/m0/s1. The first-order chi connectivity index (χ1) is 7.24. The second-order valence-corrected chi connectivity index (χ2v) is 4.93. The third kappa shape index (κ3) is 4.89. The van der Waals surface area contributed by atoms with Crippen LogP contribution in [0.2, 0.25) is 0 Å². The molecule has 0 unspecified atom stereocenters. The van der Waals surface area contributed by atoms with Gasteiger partial charge in [-0.1, -0.05) is 30.3 Å². The maximum atomic E-state index is 9.05. The van der Waals surface area contributed by atoms with Crippen LogP contribution in [0, 0.1) is 0 Å². The van der Waals surface area contributed by atoms with Crippen molar-refractivity contribution < 1.29 is 5.11 Å². The summed E-state index contributed by atoms with van der Waals surface area (Å²) in [6.07, 6.45) is 0. The van der Waals surface area contributed by atoms with Gasteiger partial charge in [0.05, 0.1) is 12.6 Å². The lowest BCUT2D eigenvalue weighted by atomic mass is 10.2. The van der Waals surface area contributed by atoms with Gasteiger partial charge < -0.3 is 5.11 Å². The summed E-state index contributed by atoms with van der Waals surface area (Å²) in [5.41, 5.74) is 1.30. The normalized spacial score (nSPS) is 13.1. The van der Waals surface area contributed by atoms with Crippen LogP contribution >= 0.6 is 23.5 Å². The number of aliphatic hydroxyl groups is 1. The molecule has 0 spiro atoms. The van der Waals surface area contributed by atoms with E-state index in [4.69, 9.17) is 16.9 Å². The molecule has 0 heterocycles. The van der Waals surface area contributed by atoms with Gasteiger partial charge in [-0.05, 0) is 17.3 Å². The minimum Gasteiger partial charge on any atom is -0.395 e. The number of likely N-dealkylation sites (N-methyl/N-ethyl adjacent to an activating group) is 1. The summed E-state index contributed by atoms with van der Waals surface area (Å²) in [4.78, 5) is 0. The molecule has 1 rings (SSSR count). The first-order valence-corrected chi connectivity index (χ1v) is 6.34. The van der Waals surface area contributed by atoms with Crippen molar-refractivity contribution in [2.45, 2.75) is 11.8 Å². The summed E-state index contributed by atoms with van der Waals surface area (Å²) in [5.74, 6) is 1.80. The Morgan fingerprint density at radius 2 is 2.07 bits per heavy atom. The van der Waals surface area contributed by atoms with Crippen LogP contribution < -0.4 is 0 Å². The topological polar surface area (TPSA) is 23.5 Å². The van der Waals surface area contributed by atoms with Gasteiger partial charge in [-0.25, -0.2) is 4.42 Å². The smallest absolute Gasteiger partial charge is 0.0607 e. The van der Waals surface area contributed by atoms with E-state index in [0.29, 0.717) is 0 Å². The minimum atomic E-state index is 0.0281. The second kappa shape index (κ2) is 7.12. The summed E-state index contributed by atoms with van der Waals surface area (Å²) in [7, 11) is 1.77. The van der Waals surface area contributed by atoms with Crippen LogP contribution in [0.5, 0.6) is 0 Å². The molecule has 0 aliphatic rings. The zero-order valence-electron chi connectivity index (χ0n) is 8.77. The maximum Gasteiger partial charge on any atom is 0.0607 e. The highest BCUT2D eigenvalue weighted by Gasteiger charge is 2.11. The average Bonchev–Trinajstić information content (AvgIpc) is 2.25. The van der Waals surface area contributed by atoms with Crippen molar-refractivity contribution in [1.82, 2.24) is 4.42 Å². The summed E-state index contributed by atoms with van der Waals surface area (Å²) in [5, 5.41) is 9.05. The van der Waals surface area contributed by atoms with Crippen molar-refractivity contribution in [3.63, 3.8) is 0 Å². The van der Waals surface area contributed by atoms with E-state index in [1.807, 2.05) is 18.2 Å². The van der Waals surface area contributed by atoms with E-state index in [9.17, 15) is 0 Å². The van der Waals surface area contributed by atoms with Crippen molar-refractivity contribution in [3.8, 4) is 0 Å². The third-order valence-electron chi connectivity index (χ3n) is 2.14. The molecule has 1 N–H and O–H groups in total. The van der Waals surface area contributed by atoms with E-state index in [-0.39, 0.29) is 12.6 Å². The number of nitrogens with zero attached hydrogens (tertiary/aromatic N) is 1. The fourth-order valence-corrected chi connectivity index (χ4v) is 2.51. The van der Waals surface area contributed by atoms with Crippen molar-refractivity contribution in [3.05, 3.63) is 35.9 Å². The predicted octanol–water partition coefficient (Wildman–Crippen LogP) is 2.37. The lowest BCUT2D eigenvalue weighted by Gasteiger charge is -2.18. The Bertz CT molecular complexity index is 269. The van der Waals surface area contributed by atoms with Crippen LogP contribution in [-0.2, 0) is 5.75 Å². The molecule has 1 aromatic rings. The van der Waals surface area contributed by atoms with Gasteiger partial charge in [-0.2, -0.15) is 11.8 Å².